The Kier molecular flexibility index (Phi) is 3.33. The zero-order valence-electron chi connectivity index (χ0n) is 8.55. The van der Waals surface area contributed by atoms with Crippen LogP contribution in [0.25, 0.3) is 0 Å². The zero-order valence-corrected chi connectivity index (χ0v) is 10.1. The number of non-ortho nitro benzene ring substituents is 1. The lowest BCUT2D eigenvalue weighted by Crippen LogP contribution is -2.02. The van der Waals surface area contributed by atoms with Gasteiger partial charge < -0.3 is 5.32 Å². The number of nitro groups is 1. The fourth-order valence-corrected chi connectivity index (χ4v) is 1.76. The molecule has 1 heterocycles. The Bertz CT molecular complexity index is 528. The van der Waals surface area contributed by atoms with Crippen LogP contribution < -0.4 is 5.32 Å². The third-order valence-corrected chi connectivity index (χ3v) is 2.73. The first-order chi connectivity index (χ1) is 8.16. The van der Waals surface area contributed by atoms with Gasteiger partial charge in [0.05, 0.1) is 11.5 Å². The Balaban J connectivity index is 2.09. The van der Waals surface area contributed by atoms with Crippen LogP contribution in [0.2, 0.25) is 0 Å². The van der Waals surface area contributed by atoms with E-state index in [1.807, 2.05) is 0 Å². The molecule has 0 atom stereocenters. The van der Waals surface area contributed by atoms with Crippen molar-refractivity contribution in [2.45, 2.75) is 6.54 Å². The predicted molar refractivity (Wildman–Crippen MR) is 64.5 cm³/mol. The number of aromatic nitrogens is 3. The number of aromatic amines is 1. The van der Waals surface area contributed by atoms with Gasteiger partial charge in [-0.1, -0.05) is 0 Å². The van der Waals surface area contributed by atoms with E-state index in [9.17, 15) is 10.1 Å². The zero-order chi connectivity index (χ0) is 12.3. The Labute approximate surface area is 105 Å². The van der Waals surface area contributed by atoms with Gasteiger partial charge in [-0.05, 0) is 22.0 Å². The van der Waals surface area contributed by atoms with Crippen LogP contribution in [0, 0.1) is 10.1 Å². The van der Waals surface area contributed by atoms with Gasteiger partial charge in [0.15, 0.2) is 0 Å². The lowest BCUT2D eigenvalue weighted by Gasteiger charge is -2.06. The molecule has 2 N–H and O–H groups in total. The van der Waals surface area contributed by atoms with Gasteiger partial charge in [0.25, 0.3) is 5.69 Å². The van der Waals surface area contributed by atoms with Gasteiger partial charge in [-0.25, -0.2) is 4.98 Å². The number of rotatable bonds is 4. The molecule has 17 heavy (non-hydrogen) atoms. The molecule has 0 saturated heterocycles. The summed E-state index contributed by atoms with van der Waals surface area (Å²) in [6, 6.07) is 4.52. The molecule has 0 fully saturated rings. The van der Waals surface area contributed by atoms with E-state index < -0.39 is 4.92 Å². The standard InChI is InChI=1S/C9H8BrN5O2/c10-7-3-6(15(16)17)1-2-8(7)11-4-9-12-5-13-14-9/h1-3,5,11H,4H2,(H,12,13,14). The molecule has 0 unspecified atom stereocenters. The highest BCUT2D eigenvalue weighted by Gasteiger charge is 2.08. The van der Waals surface area contributed by atoms with E-state index in [1.165, 1.54) is 18.5 Å². The van der Waals surface area contributed by atoms with Crippen LogP contribution in [0.5, 0.6) is 0 Å². The molecule has 0 aliphatic carbocycles. The van der Waals surface area contributed by atoms with Crippen molar-refractivity contribution in [2.75, 3.05) is 5.32 Å². The summed E-state index contributed by atoms with van der Waals surface area (Å²) in [6.07, 6.45) is 1.42. The molecule has 0 bridgehead atoms. The molecule has 0 radical (unpaired) electrons. The number of halogens is 1. The average molecular weight is 298 g/mol. The summed E-state index contributed by atoms with van der Waals surface area (Å²) in [5.41, 5.74) is 0.800. The second-order valence-electron chi connectivity index (χ2n) is 3.21. The molecular formula is C9H8BrN5O2. The third-order valence-electron chi connectivity index (χ3n) is 2.07. The molecular weight excluding hydrogens is 290 g/mol. The van der Waals surface area contributed by atoms with Crippen molar-refractivity contribution >= 4 is 27.3 Å². The summed E-state index contributed by atoms with van der Waals surface area (Å²) in [5, 5.41) is 20.1. The number of hydrogen-bond donors (Lipinski definition) is 2. The summed E-state index contributed by atoms with van der Waals surface area (Å²) in [4.78, 5) is 14.1. The minimum atomic E-state index is -0.439. The summed E-state index contributed by atoms with van der Waals surface area (Å²) in [6.45, 7) is 0.469. The van der Waals surface area contributed by atoms with Crippen LogP contribution in [0.1, 0.15) is 5.82 Å². The van der Waals surface area contributed by atoms with Crippen LogP contribution in [-0.4, -0.2) is 20.1 Å². The first kappa shape index (κ1) is 11.5. The molecule has 0 saturated carbocycles. The number of benzene rings is 1. The van der Waals surface area contributed by atoms with Crippen LogP contribution in [-0.2, 0) is 6.54 Å². The van der Waals surface area contributed by atoms with Gasteiger partial charge >= 0.3 is 0 Å². The van der Waals surface area contributed by atoms with Crippen molar-refractivity contribution in [3.63, 3.8) is 0 Å². The smallest absolute Gasteiger partial charge is 0.270 e. The van der Waals surface area contributed by atoms with Crippen molar-refractivity contribution < 1.29 is 4.92 Å². The van der Waals surface area contributed by atoms with E-state index in [-0.39, 0.29) is 5.69 Å². The molecule has 2 rings (SSSR count). The molecule has 8 heteroatoms. The number of nitro benzene ring substituents is 1. The Morgan fingerprint density at radius 3 is 2.94 bits per heavy atom. The van der Waals surface area contributed by atoms with E-state index in [2.05, 4.69) is 36.4 Å². The maximum Gasteiger partial charge on any atom is 0.270 e. The van der Waals surface area contributed by atoms with Crippen molar-refractivity contribution in [3.05, 3.63) is 44.9 Å². The summed E-state index contributed by atoms with van der Waals surface area (Å²) in [7, 11) is 0. The number of nitrogens with one attached hydrogen (secondary N) is 2. The van der Waals surface area contributed by atoms with Crippen molar-refractivity contribution in [2.24, 2.45) is 0 Å². The topological polar surface area (TPSA) is 96.7 Å². The highest BCUT2D eigenvalue weighted by molar-refractivity contribution is 9.10. The maximum atomic E-state index is 10.6. The van der Waals surface area contributed by atoms with Gasteiger partial charge in [-0.2, -0.15) is 5.10 Å². The molecule has 88 valence electrons. The van der Waals surface area contributed by atoms with E-state index in [1.54, 1.807) is 6.07 Å². The van der Waals surface area contributed by atoms with Gasteiger partial charge in [-0.3, -0.25) is 15.2 Å². The van der Waals surface area contributed by atoms with Crippen LogP contribution >= 0.6 is 15.9 Å². The van der Waals surface area contributed by atoms with E-state index in [0.29, 0.717) is 16.8 Å². The van der Waals surface area contributed by atoms with E-state index in [0.717, 1.165) is 5.69 Å². The molecule has 0 spiro atoms. The third kappa shape index (κ3) is 2.78. The van der Waals surface area contributed by atoms with E-state index >= 15 is 0 Å². The average Bonchev–Trinajstić information content (AvgIpc) is 2.80. The molecule has 7 nitrogen and oxygen atoms in total. The van der Waals surface area contributed by atoms with Crippen molar-refractivity contribution in [1.29, 1.82) is 0 Å². The Morgan fingerprint density at radius 1 is 1.53 bits per heavy atom. The summed E-state index contributed by atoms with van der Waals surface area (Å²) in [5.74, 6) is 0.690. The molecule has 1 aromatic carbocycles. The first-order valence-corrected chi connectivity index (χ1v) is 5.48. The second kappa shape index (κ2) is 4.91. The number of hydrogen-bond acceptors (Lipinski definition) is 5. The molecule has 2 aromatic rings. The van der Waals surface area contributed by atoms with Gasteiger partial charge in [-0.15, -0.1) is 0 Å². The van der Waals surface area contributed by atoms with Crippen LogP contribution in [0.15, 0.2) is 29.0 Å². The normalized spacial score (nSPS) is 10.2. The minimum absolute atomic E-state index is 0.0436. The molecule has 0 aliphatic rings. The summed E-state index contributed by atoms with van der Waals surface area (Å²) >= 11 is 3.27. The van der Waals surface area contributed by atoms with Crippen molar-refractivity contribution in [3.8, 4) is 0 Å². The fourth-order valence-electron chi connectivity index (χ4n) is 1.26. The molecule has 0 aliphatic heterocycles. The maximum absolute atomic E-state index is 10.6. The monoisotopic (exact) mass is 297 g/mol. The SMILES string of the molecule is O=[N+]([O-])c1ccc(NCc2ncn[nH]2)c(Br)c1. The lowest BCUT2D eigenvalue weighted by molar-refractivity contribution is -0.384. The Morgan fingerprint density at radius 2 is 2.35 bits per heavy atom. The number of nitrogens with zero attached hydrogens (tertiary/aromatic N) is 3. The predicted octanol–water partition coefficient (Wildman–Crippen LogP) is 2.09. The lowest BCUT2D eigenvalue weighted by atomic mass is 10.3. The number of H-pyrrole nitrogens is 1. The highest BCUT2D eigenvalue weighted by atomic mass is 79.9. The van der Waals surface area contributed by atoms with E-state index in [4.69, 9.17) is 0 Å². The van der Waals surface area contributed by atoms with Crippen LogP contribution in [0.3, 0.4) is 0 Å². The van der Waals surface area contributed by atoms with Crippen LogP contribution in [0.4, 0.5) is 11.4 Å². The van der Waals surface area contributed by atoms with Gasteiger partial charge in [0, 0.05) is 22.3 Å². The second-order valence-corrected chi connectivity index (χ2v) is 4.06. The number of anilines is 1. The summed E-state index contributed by atoms with van der Waals surface area (Å²) < 4.78 is 0.631. The van der Waals surface area contributed by atoms with Crippen molar-refractivity contribution in [1.82, 2.24) is 15.2 Å². The quantitative estimate of drug-likeness (QED) is 0.665. The van der Waals surface area contributed by atoms with Gasteiger partial charge in [0.2, 0.25) is 0 Å². The first-order valence-electron chi connectivity index (χ1n) is 4.69. The largest absolute Gasteiger partial charge is 0.377 e. The Hall–Kier alpha value is -1.96. The fraction of sp³-hybridized carbons (Fsp3) is 0.111. The molecule has 0 amide bonds. The molecule has 1 aromatic heterocycles. The highest BCUT2D eigenvalue weighted by Crippen LogP contribution is 2.27. The van der Waals surface area contributed by atoms with Gasteiger partial charge in [0.1, 0.15) is 12.2 Å². The minimum Gasteiger partial charge on any atom is -0.377 e.